The maximum atomic E-state index is 12.9. The van der Waals surface area contributed by atoms with Crippen LogP contribution in [0.3, 0.4) is 0 Å². The molecule has 0 fully saturated rings. The van der Waals surface area contributed by atoms with Gasteiger partial charge in [0.2, 0.25) is 0 Å². The van der Waals surface area contributed by atoms with Gasteiger partial charge < -0.3 is 4.74 Å². The number of aliphatic imine (C=N–C) groups is 1. The van der Waals surface area contributed by atoms with Crippen LogP contribution in [-0.2, 0) is 16.0 Å². The zero-order valence-corrected chi connectivity index (χ0v) is 22.4. The van der Waals surface area contributed by atoms with Crippen molar-refractivity contribution in [1.29, 1.82) is 0 Å². The van der Waals surface area contributed by atoms with Crippen molar-refractivity contribution in [3.05, 3.63) is 75.3 Å². The fourth-order valence-electron chi connectivity index (χ4n) is 4.28. The smallest absolute Gasteiger partial charge is 0.308 e. The summed E-state index contributed by atoms with van der Waals surface area (Å²) in [6, 6.07) is 7.85. The predicted molar refractivity (Wildman–Crippen MR) is 141 cm³/mol. The normalized spacial score (nSPS) is 15.3. The minimum atomic E-state index is -0.581. The molecule has 0 unspecified atom stereocenters. The van der Waals surface area contributed by atoms with Crippen LogP contribution in [0.1, 0.15) is 78.4 Å². The summed E-state index contributed by atoms with van der Waals surface area (Å²) in [5.74, 6) is 1.09. The lowest BCUT2D eigenvalue weighted by Gasteiger charge is -2.21. The number of hydrogen-bond donors (Lipinski definition) is 2. The highest BCUT2D eigenvalue weighted by molar-refractivity contribution is 7.15. The first kappa shape index (κ1) is 25.8. The van der Waals surface area contributed by atoms with Crippen LogP contribution in [0.15, 0.2) is 41.5 Å². The molecule has 0 aliphatic carbocycles. The lowest BCUT2D eigenvalue weighted by atomic mass is 9.98. The Labute approximate surface area is 215 Å². The third-order valence-electron chi connectivity index (χ3n) is 6.04. The SMILES string of the molecule is Cc1sc2c(c1C)C(c1ccc(CCC=CNO)cc1)=N[C@@H](CC(=O)OC(C)(C)C)c1nnc(C)n1-2. The average molecular weight is 508 g/mol. The van der Waals surface area contributed by atoms with Crippen LogP contribution in [0.5, 0.6) is 0 Å². The van der Waals surface area contributed by atoms with Crippen LogP contribution in [-0.4, -0.2) is 37.3 Å². The molecule has 0 spiro atoms. The number of hydroxylamine groups is 1. The molecule has 36 heavy (non-hydrogen) atoms. The minimum absolute atomic E-state index is 0.0786. The maximum absolute atomic E-state index is 12.9. The molecular formula is C27H33N5O3S. The maximum Gasteiger partial charge on any atom is 0.308 e. The Morgan fingerprint density at radius 3 is 2.58 bits per heavy atom. The van der Waals surface area contributed by atoms with E-state index < -0.39 is 11.6 Å². The van der Waals surface area contributed by atoms with E-state index in [0.29, 0.717) is 5.82 Å². The van der Waals surface area contributed by atoms with Crippen LogP contribution in [0, 0.1) is 20.8 Å². The quantitative estimate of drug-likeness (QED) is 0.332. The minimum Gasteiger partial charge on any atom is -0.460 e. The van der Waals surface area contributed by atoms with Gasteiger partial charge in [-0.1, -0.05) is 30.3 Å². The van der Waals surface area contributed by atoms with E-state index >= 15 is 0 Å². The van der Waals surface area contributed by atoms with Crippen molar-refractivity contribution in [3.63, 3.8) is 0 Å². The summed E-state index contributed by atoms with van der Waals surface area (Å²) < 4.78 is 7.67. The molecule has 190 valence electrons. The molecule has 0 saturated heterocycles. The van der Waals surface area contributed by atoms with Crippen LogP contribution < -0.4 is 5.48 Å². The molecule has 0 bridgehead atoms. The van der Waals surface area contributed by atoms with E-state index in [4.69, 9.17) is 14.9 Å². The molecule has 1 aliphatic heterocycles. The molecule has 3 aromatic rings. The molecule has 2 N–H and O–H groups in total. The Bertz CT molecular complexity index is 1310. The lowest BCUT2D eigenvalue weighted by Crippen LogP contribution is -2.25. The number of aromatic nitrogens is 3. The van der Waals surface area contributed by atoms with Gasteiger partial charge in [0.1, 0.15) is 22.5 Å². The number of nitrogens with one attached hydrogen (secondary N) is 1. The molecule has 0 saturated carbocycles. The molecule has 9 heteroatoms. The Morgan fingerprint density at radius 2 is 1.92 bits per heavy atom. The van der Waals surface area contributed by atoms with Gasteiger partial charge in [0.05, 0.1) is 12.1 Å². The van der Waals surface area contributed by atoms with Gasteiger partial charge in [-0.25, -0.2) is 0 Å². The van der Waals surface area contributed by atoms with Gasteiger partial charge in [-0.3, -0.25) is 25.0 Å². The zero-order valence-electron chi connectivity index (χ0n) is 21.6. The van der Waals surface area contributed by atoms with Gasteiger partial charge in [0, 0.05) is 22.2 Å². The van der Waals surface area contributed by atoms with E-state index in [1.165, 1.54) is 16.6 Å². The molecule has 1 aliphatic rings. The Hall–Kier alpha value is -3.30. The number of hydrogen-bond acceptors (Lipinski definition) is 8. The number of nitrogens with zero attached hydrogens (tertiary/aromatic N) is 4. The summed E-state index contributed by atoms with van der Waals surface area (Å²) in [5.41, 5.74) is 6.69. The number of thiophene rings is 1. The first-order chi connectivity index (χ1) is 17.1. The number of benzene rings is 1. The molecular weight excluding hydrogens is 474 g/mol. The van der Waals surface area contributed by atoms with E-state index in [9.17, 15) is 4.79 Å². The monoisotopic (exact) mass is 507 g/mol. The van der Waals surface area contributed by atoms with Crippen molar-refractivity contribution < 1.29 is 14.7 Å². The number of fused-ring (bicyclic) bond motifs is 3. The van der Waals surface area contributed by atoms with E-state index in [2.05, 4.69) is 48.3 Å². The van der Waals surface area contributed by atoms with E-state index in [0.717, 1.165) is 46.1 Å². The summed E-state index contributed by atoms with van der Waals surface area (Å²) in [5, 5.41) is 18.5. The van der Waals surface area contributed by atoms with Crippen molar-refractivity contribution in [1.82, 2.24) is 20.2 Å². The predicted octanol–water partition coefficient (Wildman–Crippen LogP) is 5.30. The van der Waals surface area contributed by atoms with Crippen LogP contribution in [0.2, 0.25) is 0 Å². The summed E-state index contributed by atoms with van der Waals surface area (Å²) in [4.78, 5) is 19.2. The molecule has 1 atom stereocenters. The third-order valence-corrected chi connectivity index (χ3v) is 7.23. The number of aryl methyl sites for hydroxylation is 3. The Balaban J connectivity index is 1.78. The molecule has 3 heterocycles. The van der Waals surface area contributed by atoms with Crippen molar-refractivity contribution in [2.24, 2.45) is 4.99 Å². The molecule has 8 nitrogen and oxygen atoms in total. The van der Waals surface area contributed by atoms with Crippen LogP contribution >= 0.6 is 11.3 Å². The average Bonchev–Trinajstić information content (AvgIpc) is 3.28. The second kappa shape index (κ2) is 10.4. The molecule has 4 rings (SSSR count). The Kier molecular flexibility index (Phi) is 7.42. The van der Waals surface area contributed by atoms with E-state index in [1.54, 1.807) is 11.3 Å². The summed E-state index contributed by atoms with van der Waals surface area (Å²) in [6.07, 6.45) is 5.14. The second-order valence-electron chi connectivity index (χ2n) is 9.96. The highest BCUT2D eigenvalue weighted by Gasteiger charge is 2.33. The van der Waals surface area contributed by atoms with Crippen LogP contribution in [0.25, 0.3) is 5.00 Å². The van der Waals surface area contributed by atoms with Crippen molar-refractivity contribution >= 4 is 23.0 Å². The molecule has 0 radical (unpaired) electrons. The molecule has 1 aromatic carbocycles. The van der Waals surface area contributed by atoms with Gasteiger partial charge in [-0.15, -0.1) is 21.5 Å². The first-order valence-corrected chi connectivity index (χ1v) is 12.9. The van der Waals surface area contributed by atoms with Crippen LogP contribution in [0.4, 0.5) is 0 Å². The summed E-state index contributed by atoms with van der Waals surface area (Å²) in [7, 11) is 0. The fourth-order valence-corrected chi connectivity index (χ4v) is 5.50. The van der Waals surface area contributed by atoms with E-state index in [1.807, 2.05) is 43.8 Å². The van der Waals surface area contributed by atoms with Crippen molar-refractivity contribution in [2.45, 2.75) is 72.4 Å². The van der Waals surface area contributed by atoms with Gasteiger partial charge in [0.25, 0.3) is 0 Å². The first-order valence-electron chi connectivity index (χ1n) is 12.0. The number of carbonyl (C=O) groups excluding carboxylic acids is 1. The second-order valence-corrected chi connectivity index (χ2v) is 11.2. The number of carbonyl (C=O) groups is 1. The summed E-state index contributed by atoms with van der Waals surface area (Å²) in [6.45, 7) is 11.7. The standard InChI is InChI=1S/C27H33N5O3S/c1-16-17(2)36-26-23(16)24(20-12-10-19(11-13-20)9-7-8-14-28-34)29-21(15-22(33)35-27(4,5)6)25-31-30-18(3)32(25)26/h8,10-14,21,28,34H,7,9,15H2,1-6H3/t21-/m0/s1. The molecule has 2 aromatic heterocycles. The van der Waals surface area contributed by atoms with Gasteiger partial charge in [0.15, 0.2) is 5.82 Å². The third kappa shape index (κ3) is 5.42. The Morgan fingerprint density at radius 1 is 1.19 bits per heavy atom. The van der Waals surface area contributed by atoms with Gasteiger partial charge in [-0.05, 0) is 65.5 Å². The number of allylic oxidation sites excluding steroid dienone is 1. The lowest BCUT2D eigenvalue weighted by molar-refractivity contribution is -0.155. The van der Waals surface area contributed by atoms with E-state index in [-0.39, 0.29) is 12.4 Å². The molecule has 0 amide bonds. The highest BCUT2D eigenvalue weighted by atomic mass is 32.1. The largest absolute Gasteiger partial charge is 0.460 e. The highest BCUT2D eigenvalue weighted by Crippen LogP contribution is 2.39. The van der Waals surface area contributed by atoms with Gasteiger partial charge in [-0.2, -0.15) is 0 Å². The van der Waals surface area contributed by atoms with Gasteiger partial charge >= 0.3 is 5.97 Å². The van der Waals surface area contributed by atoms with Crippen molar-refractivity contribution in [2.75, 3.05) is 0 Å². The number of rotatable bonds is 7. The zero-order chi connectivity index (χ0) is 26.0. The fraction of sp³-hybridized carbons (Fsp3) is 0.407. The topological polar surface area (TPSA) is 102 Å². The number of esters is 1. The summed E-state index contributed by atoms with van der Waals surface area (Å²) >= 11 is 1.69. The number of ether oxygens (including phenoxy) is 1. The van der Waals surface area contributed by atoms with Crippen molar-refractivity contribution in [3.8, 4) is 5.00 Å².